The van der Waals surface area contributed by atoms with Crippen molar-refractivity contribution in [3.63, 3.8) is 0 Å². The smallest absolute Gasteiger partial charge is 0.361 e. The van der Waals surface area contributed by atoms with Gasteiger partial charge in [0, 0.05) is 16.1 Å². The number of ether oxygens (including phenoxy) is 3. The Morgan fingerprint density at radius 2 is 1.96 bits per heavy atom. The zero-order valence-electron chi connectivity index (χ0n) is 14.9. The van der Waals surface area contributed by atoms with Gasteiger partial charge < -0.3 is 14.2 Å². The molecule has 0 fully saturated rings. The van der Waals surface area contributed by atoms with Crippen LogP contribution in [0.2, 0.25) is 5.02 Å². The summed E-state index contributed by atoms with van der Waals surface area (Å²) < 4.78 is 16.3. The van der Waals surface area contributed by atoms with Gasteiger partial charge in [-0.2, -0.15) is 10.3 Å². The van der Waals surface area contributed by atoms with Crippen molar-refractivity contribution in [2.75, 3.05) is 13.7 Å². The molecule has 140 valence electrons. The van der Waals surface area contributed by atoms with E-state index in [0.29, 0.717) is 27.8 Å². The average Bonchev–Trinajstić information content (AvgIpc) is 3.17. The number of nitrogens with zero attached hydrogens (tertiary/aromatic N) is 2. The van der Waals surface area contributed by atoms with Gasteiger partial charge in [-0.15, -0.1) is 5.10 Å². The Morgan fingerprint density at radius 3 is 2.70 bits per heavy atom. The van der Waals surface area contributed by atoms with Gasteiger partial charge in [0.1, 0.15) is 12.3 Å². The number of aromatic amines is 1. The first-order valence-electron chi connectivity index (χ1n) is 8.26. The maximum absolute atomic E-state index is 12.0. The third-order valence-electron chi connectivity index (χ3n) is 3.79. The topological polar surface area (TPSA) is 86.3 Å². The number of hydrogen-bond acceptors (Lipinski definition) is 6. The zero-order valence-corrected chi connectivity index (χ0v) is 15.6. The fourth-order valence-electron chi connectivity index (χ4n) is 2.48. The molecule has 0 spiro atoms. The molecule has 0 aliphatic rings. The van der Waals surface area contributed by atoms with E-state index in [4.69, 9.17) is 25.8 Å². The number of rotatable bonds is 7. The van der Waals surface area contributed by atoms with Crippen LogP contribution in [0.1, 0.15) is 23.0 Å². The van der Waals surface area contributed by atoms with Crippen LogP contribution < -0.4 is 9.47 Å². The van der Waals surface area contributed by atoms with Gasteiger partial charge in [-0.25, -0.2) is 4.79 Å². The van der Waals surface area contributed by atoms with E-state index in [1.807, 2.05) is 18.2 Å². The minimum Gasteiger partial charge on any atom is -0.493 e. The Bertz CT molecular complexity index is 942. The van der Waals surface area contributed by atoms with Crippen molar-refractivity contribution in [1.29, 1.82) is 0 Å². The number of esters is 1. The van der Waals surface area contributed by atoms with Gasteiger partial charge in [0.05, 0.1) is 13.7 Å². The third-order valence-corrected chi connectivity index (χ3v) is 4.16. The predicted molar refractivity (Wildman–Crippen MR) is 100 cm³/mol. The minimum atomic E-state index is -0.546. The monoisotopic (exact) mass is 387 g/mol. The van der Waals surface area contributed by atoms with Crippen molar-refractivity contribution in [2.24, 2.45) is 0 Å². The molecule has 7 nitrogen and oxygen atoms in total. The largest absolute Gasteiger partial charge is 0.493 e. The van der Waals surface area contributed by atoms with Gasteiger partial charge >= 0.3 is 5.97 Å². The quantitative estimate of drug-likeness (QED) is 0.619. The second-order valence-corrected chi connectivity index (χ2v) is 5.89. The number of halogens is 1. The molecule has 0 aliphatic heterocycles. The van der Waals surface area contributed by atoms with Crippen molar-refractivity contribution >= 4 is 17.6 Å². The van der Waals surface area contributed by atoms with Gasteiger partial charge in [-0.05, 0) is 31.2 Å². The van der Waals surface area contributed by atoms with Crippen molar-refractivity contribution in [2.45, 2.75) is 13.5 Å². The summed E-state index contributed by atoms with van der Waals surface area (Å²) in [6.45, 7) is 2.24. The molecule has 0 aliphatic carbocycles. The fourth-order valence-corrected chi connectivity index (χ4v) is 2.67. The Balaban J connectivity index is 1.89. The van der Waals surface area contributed by atoms with E-state index in [-0.39, 0.29) is 18.9 Å². The van der Waals surface area contributed by atoms with E-state index in [1.165, 1.54) is 0 Å². The van der Waals surface area contributed by atoms with Gasteiger partial charge in [0.2, 0.25) is 0 Å². The molecular formula is C19H18ClN3O4. The fraction of sp³-hybridized carbons (Fsp3) is 0.211. The number of hydrogen-bond donors (Lipinski definition) is 1. The summed E-state index contributed by atoms with van der Waals surface area (Å²) in [5.74, 6) is 0.496. The molecule has 27 heavy (non-hydrogen) atoms. The Labute approximate surface area is 161 Å². The molecule has 0 saturated carbocycles. The summed E-state index contributed by atoms with van der Waals surface area (Å²) >= 11 is 6.18. The molecule has 0 radical (unpaired) electrons. The molecule has 3 rings (SSSR count). The van der Waals surface area contributed by atoms with Crippen molar-refractivity contribution in [1.82, 2.24) is 15.4 Å². The van der Waals surface area contributed by atoms with Gasteiger partial charge in [-0.3, -0.25) is 0 Å². The van der Waals surface area contributed by atoms with E-state index >= 15 is 0 Å². The third kappa shape index (κ3) is 4.20. The number of carbonyl (C=O) groups excluding carboxylic acids is 1. The zero-order chi connectivity index (χ0) is 19.2. The van der Waals surface area contributed by atoms with E-state index in [9.17, 15) is 4.79 Å². The van der Waals surface area contributed by atoms with Crippen molar-refractivity contribution < 1.29 is 19.0 Å². The molecule has 1 N–H and O–H groups in total. The molecular weight excluding hydrogens is 370 g/mol. The predicted octanol–water partition coefficient (Wildman–Crippen LogP) is 3.89. The lowest BCUT2D eigenvalue weighted by molar-refractivity contribution is 0.0520. The van der Waals surface area contributed by atoms with Gasteiger partial charge in [0.15, 0.2) is 17.2 Å². The van der Waals surface area contributed by atoms with E-state index in [0.717, 1.165) is 5.56 Å². The highest BCUT2D eigenvalue weighted by atomic mass is 35.5. The van der Waals surface area contributed by atoms with Crippen LogP contribution in [0.3, 0.4) is 0 Å². The molecule has 3 aromatic rings. The second kappa shape index (κ2) is 8.55. The van der Waals surface area contributed by atoms with Crippen LogP contribution in [-0.2, 0) is 11.3 Å². The number of nitrogens with one attached hydrogen (secondary N) is 1. The highest BCUT2D eigenvalue weighted by molar-refractivity contribution is 6.31. The maximum Gasteiger partial charge on any atom is 0.361 e. The number of methoxy groups -OCH3 is 1. The number of benzene rings is 2. The molecule has 0 bridgehead atoms. The normalized spacial score (nSPS) is 10.5. The summed E-state index contributed by atoms with van der Waals surface area (Å²) in [4.78, 5) is 12.0. The SMILES string of the molecule is CCOC(=O)c1n[nH]nc1-c1ccc(OC)c(OCc2ccccc2Cl)c1. The molecule has 0 amide bonds. The molecule has 0 atom stereocenters. The van der Waals surface area contributed by atoms with E-state index in [1.54, 1.807) is 38.3 Å². The van der Waals surface area contributed by atoms with Crippen LogP contribution >= 0.6 is 11.6 Å². The lowest BCUT2D eigenvalue weighted by atomic mass is 10.1. The van der Waals surface area contributed by atoms with Crippen molar-refractivity contribution in [3.05, 3.63) is 58.7 Å². The Hall–Kier alpha value is -3.06. The van der Waals surface area contributed by atoms with Crippen LogP contribution in [0, 0.1) is 0 Å². The summed E-state index contributed by atoms with van der Waals surface area (Å²) in [6.07, 6.45) is 0. The molecule has 2 aromatic carbocycles. The van der Waals surface area contributed by atoms with Crippen LogP contribution in [0.4, 0.5) is 0 Å². The van der Waals surface area contributed by atoms with Gasteiger partial charge in [0.25, 0.3) is 0 Å². The molecule has 0 unspecified atom stereocenters. The first-order valence-corrected chi connectivity index (χ1v) is 8.64. The second-order valence-electron chi connectivity index (χ2n) is 5.49. The Kier molecular flexibility index (Phi) is 5.93. The summed E-state index contributed by atoms with van der Waals surface area (Å²) in [5.41, 5.74) is 1.97. The van der Waals surface area contributed by atoms with Crippen LogP contribution in [-0.4, -0.2) is 35.1 Å². The first-order chi connectivity index (χ1) is 13.1. The number of H-pyrrole nitrogens is 1. The van der Waals surface area contributed by atoms with Gasteiger partial charge in [-0.1, -0.05) is 29.8 Å². The van der Waals surface area contributed by atoms with Crippen LogP contribution in [0.5, 0.6) is 11.5 Å². The minimum absolute atomic E-state index is 0.110. The molecule has 8 heteroatoms. The number of aromatic nitrogens is 3. The van der Waals surface area contributed by atoms with E-state index < -0.39 is 5.97 Å². The summed E-state index contributed by atoms with van der Waals surface area (Å²) in [7, 11) is 1.55. The standard InChI is InChI=1S/C19H18ClN3O4/c1-3-26-19(24)18-17(21-23-22-18)12-8-9-15(25-2)16(10-12)27-11-13-6-4-5-7-14(13)20/h4-10H,3,11H2,1-2H3,(H,21,22,23). The molecule has 1 heterocycles. The molecule has 1 aromatic heterocycles. The highest BCUT2D eigenvalue weighted by Gasteiger charge is 2.20. The van der Waals surface area contributed by atoms with Crippen LogP contribution in [0.15, 0.2) is 42.5 Å². The maximum atomic E-state index is 12.0. The Morgan fingerprint density at radius 1 is 1.15 bits per heavy atom. The van der Waals surface area contributed by atoms with E-state index in [2.05, 4.69) is 15.4 Å². The lowest BCUT2D eigenvalue weighted by Crippen LogP contribution is -2.07. The molecule has 0 saturated heterocycles. The first kappa shape index (κ1) is 18.7. The van der Waals surface area contributed by atoms with Crippen LogP contribution in [0.25, 0.3) is 11.3 Å². The summed E-state index contributed by atoms with van der Waals surface area (Å²) in [5, 5.41) is 11.0. The summed E-state index contributed by atoms with van der Waals surface area (Å²) in [6, 6.07) is 12.7. The number of carbonyl (C=O) groups is 1. The van der Waals surface area contributed by atoms with Crippen molar-refractivity contribution in [3.8, 4) is 22.8 Å². The lowest BCUT2D eigenvalue weighted by Gasteiger charge is -2.13. The average molecular weight is 388 g/mol. The highest BCUT2D eigenvalue weighted by Crippen LogP contribution is 2.33.